The maximum absolute atomic E-state index is 5.71. The van der Waals surface area contributed by atoms with Crippen molar-refractivity contribution in [3.63, 3.8) is 0 Å². The third kappa shape index (κ3) is 5.79. The van der Waals surface area contributed by atoms with E-state index in [-0.39, 0.29) is 0 Å². The Kier molecular flexibility index (Phi) is 7.04. The van der Waals surface area contributed by atoms with Gasteiger partial charge in [-0.15, -0.1) is 6.58 Å². The molecule has 0 heterocycles. The fraction of sp³-hybridized carbons (Fsp3) is 0.500. The van der Waals surface area contributed by atoms with E-state index in [0.717, 1.165) is 31.0 Å². The molecule has 1 N–H and O–H groups in total. The van der Waals surface area contributed by atoms with Crippen LogP contribution in [0.3, 0.4) is 0 Å². The number of ether oxygens (including phenoxy) is 2. The Bertz CT molecular complexity index is 388. The summed E-state index contributed by atoms with van der Waals surface area (Å²) in [5.41, 5.74) is 1.20. The highest BCUT2D eigenvalue weighted by atomic mass is 16.5. The van der Waals surface area contributed by atoms with Crippen molar-refractivity contribution in [2.75, 3.05) is 20.3 Å². The van der Waals surface area contributed by atoms with Crippen molar-refractivity contribution in [3.8, 4) is 11.5 Å². The van der Waals surface area contributed by atoms with Gasteiger partial charge in [0.15, 0.2) is 11.5 Å². The standard InChI is InChI=1S/C16H25NO2/c1-5-6-9-19-16-10-14(7-8-15(16)18-4)12-17-11-13(2)3/h5,7-8,10,13,17H,1,6,9,11-12H2,2-4H3. The van der Waals surface area contributed by atoms with Crippen molar-refractivity contribution in [1.29, 1.82) is 0 Å². The van der Waals surface area contributed by atoms with Crippen LogP contribution in [0.25, 0.3) is 0 Å². The van der Waals surface area contributed by atoms with Crippen LogP contribution in [0.5, 0.6) is 11.5 Å². The summed E-state index contributed by atoms with van der Waals surface area (Å²) < 4.78 is 11.0. The quantitative estimate of drug-likeness (QED) is 0.547. The van der Waals surface area contributed by atoms with Crippen LogP contribution in [-0.2, 0) is 6.54 Å². The van der Waals surface area contributed by atoms with Gasteiger partial charge in [0.25, 0.3) is 0 Å². The van der Waals surface area contributed by atoms with Crippen LogP contribution in [0.2, 0.25) is 0 Å². The van der Waals surface area contributed by atoms with E-state index in [4.69, 9.17) is 9.47 Å². The Balaban J connectivity index is 2.62. The highest BCUT2D eigenvalue weighted by molar-refractivity contribution is 5.42. The number of rotatable bonds is 9. The molecule has 1 aromatic rings. The molecular formula is C16H25NO2. The van der Waals surface area contributed by atoms with Gasteiger partial charge in [-0.3, -0.25) is 0 Å². The molecule has 0 spiro atoms. The van der Waals surface area contributed by atoms with Crippen LogP contribution in [0.1, 0.15) is 25.8 Å². The predicted molar refractivity (Wildman–Crippen MR) is 79.8 cm³/mol. The molecule has 0 aliphatic rings. The van der Waals surface area contributed by atoms with Gasteiger partial charge in [0.2, 0.25) is 0 Å². The van der Waals surface area contributed by atoms with Crippen molar-refractivity contribution in [1.82, 2.24) is 5.32 Å². The maximum atomic E-state index is 5.71. The van der Waals surface area contributed by atoms with Crippen molar-refractivity contribution in [2.24, 2.45) is 5.92 Å². The first-order chi connectivity index (χ1) is 9.17. The summed E-state index contributed by atoms with van der Waals surface area (Å²) in [6.45, 7) is 10.6. The molecule has 0 amide bonds. The average molecular weight is 263 g/mol. The van der Waals surface area contributed by atoms with E-state index in [0.29, 0.717) is 12.5 Å². The average Bonchev–Trinajstić information content (AvgIpc) is 2.39. The fourth-order valence-corrected chi connectivity index (χ4v) is 1.70. The Morgan fingerprint density at radius 3 is 2.74 bits per heavy atom. The Labute approximate surface area is 116 Å². The molecule has 0 aromatic heterocycles. The SMILES string of the molecule is C=CCCOc1cc(CNCC(C)C)ccc1OC. The van der Waals surface area contributed by atoms with Gasteiger partial charge in [-0.1, -0.05) is 26.0 Å². The molecule has 19 heavy (non-hydrogen) atoms. The summed E-state index contributed by atoms with van der Waals surface area (Å²) in [4.78, 5) is 0. The van der Waals surface area contributed by atoms with E-state index in [2.05, 4.69) is 31.8 Å². The fourth-order valence-electron chi connectivity index (χ4n) is 1.70. The number of benzene rings is 1. The van der Waals surface area contributed by atoms with Gasteiger partial charge >= 0.3 is 0 Å². The molecule has 0 saturated heterocycles. The number of hydrogen-bond acceptors (Lipinski definition) is 3. The monoisotopic (exact) mass is 263 g/mol. The largest absolute Gasteiger partial charge is 0.493 e. The molecule has 0 aliphatic carbocycles. The summed E-state index contributed by atoms with van der Waals surface area (Å²) in [5.74, 6) is 2.23. The van der Waals surface area contributed by atoms with Gasteiger partial charge in [0.05, 0.1) is 13.7 Å². The second-order valence-corrected chi connectivity index (χ2v) is 4.94. The molecule has 3 nitrogen and oxygen atoms in total. The Morgan fingerprint density at radius 2 is 2.11 bits per heavy atom. The smallest absolute Gasteiger partial charge is 0.161 e. The van der Waals surface area contributed by atoms with Crippen molar-refractivity contribution >= 4 is 0 Å². The molecule has 0 bridgehead atoms. The second-order valence-electron chi connectivity index (χ2n) is 4.94. The molecule has 1 rings (SSSR count). The lowest BCUT2D eigenvalue weighted by atomic mass is 10.2. The highest BCUT2D eigenvalue weighted by Gasteiger charge is 2.05. The van der Waals surface area contributed by atoms with Gasteiger partial charge in [-0.25, -0.2) is 0 Å². The molecule has 1 aromatic carbocycles. The lowest BCUT2D eigenvalue weighted by Gasteiger charge is -2.13. The third-order valence-electron chi connectivity index (χ3n) is 2.69. The highest BCUT2D eigenvalue weighted by Crippen LogP contribution is 2.28. The third-order valence-corrected chi connectivity index (χ3v) is 2.69. The number of nitrogens with one attached hydrogen (secondary N) is 1. The zero-order valence-electron chi connectivity index (χ0n) is 12.2. The summed E-state index contributed by atoms with van der Waals surface area (Å²) in [5, 5.41) is 3.42. The van der Waals surface area contributed by atoms with Crippen LogP contribution >= 0.6 is 0 Å². The lowest BCUT2D eigenvalue weighted by Crippen LogP contribution is -2.18. The van der Waals surface area contributed by atoms with Crippen LogP contribution in [-0.4, -0.2) is 20.3 Å². The molecule has 0 fully saturated rings. The topological polar surface area (TPSA) is 30.5 Å². The molecule has 0 saturated carbocycles. The van der Waals surface area contributed by atoms with Crippen molar-refractivity contribution in [3.05, 3.63) is 36.4 Å². The first kappa shape index (κ1) is 15.6. The molecule has 0 atom stereocenters. The van der Waals surface area contributed by atoms with E-state index < -0.39 is 0 Å². The van der Waals surface area contributed by atoms with Crippen LogP contribution in [0.4, 0.5) is 0 Å². The normalized spacial score (nSPS) is 10.5. The molecule has 106 valence electrons. The van der Waals surface area contributed by atoms with Crippen molar-refractivity contribution < 1.29 is 9.47 Å². The minimum atomic E-state index is 0.628. The first-order valence-electron chi connectivity index (χ1n) is 6.78. The zero-order chi connectivity index (χ0) is 14.1. The van der Waals surface area contributed by atoms with Gasteiger partial charge in [-0.05, 0) is 36.6 Å². The summed E-state index contributed by atoms with van der Waals surface area (Å²) in [6.07, 6.45) is 2.68. The minimum absolute atomic E-state index is 0.628. The molecule has 0 radical (unpaired) electrons. The Morgan fingerprint density at radius 1 is 1.32 bits per heavy atom. The molecule has 3 heteroatoms. The van der Waals surface area contributed by atoms with E-state index in [1.807, 2.05) is 18.2 Å². The van der Waals surface area contributed by atoms with E-state index in [9.17, 15) is 0 Å². The maximum Gasteiger partial charge on any atom is 0.161 e. The first-order valence-corrected chi connectivity index (χ1v) is 6.78. The van der Waals surface area contributed by atoms with E-state index in [1.54, 1.807) is 7.11 Å². The molecular weight excluding hydrogens is 238 g/mol. The zero-order valence-corrected chi connectivity index (χ0v) is 12.2. The molecule has 0 aliphatic heterocycles. The van der Waals surface area contributed by atoms with Gasteiger partial charge in [0.1, 0.15) is 0 Å². The van der Waals surface area contributed by atoms with Crippen LogP contribution in [0, 0.1) is 5.92 Å². The number of hydrogen-bond donors (Lipinski definition) is 1. The van der Waals surface area contributed by atoms with Crippen LogP contribution in [0.15, 0.2) is 30.9 Å². The van der Waals surface area contributed by atoms with E-state index >= 15 is 0 Å². The predicted octanol–water partition coefficient (Wildman–Crippen LogP) is 3.40. The minimum Gasteiger partial charge on any atom is -0.493 e. The van der Waals surface area contributed by atoms with Crippen LogP contribution < -0.4 is 14.8 Å². The van der Waals surface area contributed by atoms with E-state index in [1.165, 1.54) is 5.56 Å². The van der Waals surface area contributed by atoms with Crippen molar-refractivity contribution in [2.45, 2.75) is 26.8 Å². The summed E-state index contributed by atoms with van der Waals surface area (Å²) in [7, 11) is 1.66. The number of methoxy groups -OCH3 is 1. The van der Waals surface area contributed by atoms with Gasteiger partial charge in [-0.2, -0.15) is 0 Å². The second kappa shape index (κ2) is 8.59. The molecule has 0 unspecified atom stereocenters. The lowest BCUT2D eigenvalue weighted by molar-refractivity contribution is 0.299. The van der Waals surface area contributed by atoms with Gasteiger partial charge < -0.3 is 14.8 Å². The van der Waals surface area contributed by atoms with Gasteiger partial charge in [0, 0.05) is 6.54 Å². The summed E-state index contributed by atoms with van der Waals surface area (Å²) >= 11 is 0. The summed E-state index contributed by atoms with van der Waals surface area (Å²) in [6, 6.07) is 6.05. The Hall–Kier alpha value is -1.48.